The quantitative estimate of drug-likeness (QED) is 0.781. The van der Waals surface area contributed by atoms with Crippen molar-refractivity contribution in [3.63, 3.8) is 0 Å². The standard InChI is InChI=1S/C14H21F3O3S2/c1-12(2,14(15,16)17)11(19)20-10-5-3-4-6-13(10)21-8-9(7-18)22-13/h9-10,18H,3-8H2,1-2H3. The molecule has 0 bridgehead atoms. The maximum atomic E-state index is 13.0. The molecule has 0 aromatic carbocycles. The molecular formula is C14H21F3O3S2. The van der Waals surface area contributed by atoms with Crippen molar-refractivity contribution in [1.82, 2.24) is 0 Å². The Bertz CT molecular complexity index is 428. The smallest absolute Gasteiger partial charge is 0.404 e. The highest BCUT2D eigenvalue weighted by Gasteiger charge is 2.57. The first-order valence-corrected chi connectivity index (χ1v) is 9.19. The van der Waals surface area contributed by atoms with Crippen LogP contribution in [0.25, 0.3) is 0 Å². The summed E-state index contributed by atoms with van der Waals surface area (Å²) in [6.07, 6.45) is -1.97. The summed E-state index contributed by atoms with van der Waals surface area (Å²) >= 11 is 3.17. The van der Waals surface area contributed by atoms with Gasteiger partial charge in [-0.1, -0.05) is 6.42 Å². The summed E-state index contributed by atoms with van der Waals surface area (Å²) in [7, 11) is 0. The van der Waals surface area contributed by atoms with Gasteiger partial charge in [0, 0.05) is 11.0 Å². The van der Waals surface area contributed by atoms with Gasteiger partial charge in [-0.05, 0) is 33.1 Å². The van der Waals surface area contributed by atoms with E-state index >= 15 is 0 Å². The monoisotopic (exact) mass is 358 g/mol. The molecule has 22 heavy (non-hydrogen) atoms. The molecule has 0 aromatic rings. The summed E-state index contributed by atoms with van der Waals surface area (Å²) in [5.41, 5.74) is -2.50. The molecule has 0 amide bonds. The van der Waals surface area contributed by atoms with Gasteiger partial charge in [0.15, 0.2) is 5.41 Å². The number of halogens is 3. The third-order valence-corrected chi connectivity index (χ3v) is 8.18. The molecule has 0 aromatic heterocycles. The molecule has 3 unspecified atom stereocenters. The van der Waals surface area contributed by atoms with Crippen LogP contribution in [0, 0.1) is 5.41 Å². The van der Waals surface area contributed by atoms with Crippen molar-refractivity contribution >= 4 is 29.5 Å². The second-order valence-corrected chi connectivity index (χ2v) is 9.55. The molecule has 3 atom stereocenters. The number of hydrogen-bond acceptors (Lipinski definition) is 5. The highest BCUT2D eigenvalue weighted by molar-refractivity contribution is 8.21. The Kier molecular flexibility index (Phi) is 5.34. The first-order chi connectivity index (χ1) is 10.1. The van der Waals surface area contributed by atoms with Crippen molar-refractivity contribution in [3.05, 3.63) is 0 Å². The Morgan fingerprint density at radius 3 is 2.59 bits per heavy atom. The summed E-state index contributed by atoms with van der Waals surface area (Å²) in [5, 5.41) is 9.35. The van der Waals surface area contributed by atoms with Gasteiger partial charge >= 0.3 is 12.1 Å². The average molecular weight is 358 g/mol. The van der Waals surface area contributed by atoms with E-state index in [1.165, 1.54) is 0 Å². The van der Waals surface area contributed by atoms with Crippen LogP contribution in [0.1, 0.15) is 39.5 Å². The normalized spacial score (nSPS) is 33.2. The SMILES string of the molecule is CC(C)(C(=O)OC1CCCCC12SCC(CO)S2)C(F)(F)F. The zero-order chi connectivity index (χ0) is 16.6. The molecule has 3 nitrogen and oxygen atoms in total. The van der Waals surface area contributed by atoms with Gasteiger partial charge in [-0.25, -0.2) is 0 Å². The number of aliphatic hydroxyl groups excluding tert-OH is 1. The maximum Gasteiger partial charge on any atom is 0.404 e. The third-order valence-electron chi connectivity index (χ3n) is 4.28. The van der Waals surface area contributed by atoms with Gasteiger partial charge in [-0.2, -0.15) is 13.2 Å². The van der Waals surface area contributed by atoms with Gasteiger partial charge < -0.3 is 9.84 Å². The van der Waals surface area contributed by atoms with Crippen molar-refractivity contribution in [2.24, 2.45) is 5.41 Å². The Morgan fingerprint density at radius 2 is 2.05 bits per heavy atom. The van der Waals surface area contributed by atoms with E-state index in [4.69, 9.17) is 4.74 Å². The number of thioether (sulfide) groups is 2. The van der Waals surface area contributed by atoms with Crippen LogP contribution >= 0.6 is 23.5 Å². The van der Waals surface area contributed by atoms with Gasteiger partial charge in [0.1, 0.15) is 6.10 Å². The number of rotatable bonds is 3. The molecule has 8 heteroatoms. The first-order valence-electron chi connectivity index (χ1n) is 7.33. The lowest BCUT2D eigenvalue weighted by Crippen LogP contribution is -2.47. The van der Waals surface area contributed by atoms with E-state index in [0.717, 1.165) is 38.9 Å². The molecule has 1 N–H and O–H groups in total. The molecule has 1 spiro atoms. The van der Waals surface area contributed by atoms with Crippen molar-refractivity contribution in [2.75, 3.05) is 12.4 Å². The van der Waals surface area contributed by atoms with Gasteiger partial charge in [0.25, 0.3) is 0 Å². The van der Waals surface area contributed by atoms with Crippen LogP contribution in [-0.2, 0) is 9.53 Å². The summed E-state index contributed by atoms with van der Waals surface area (Å²) in [6.45, 7) is 1.75. The van der Waals surface area contributed by atoms with Crippen LogP contribution in [0.3, 0.4) is 0 Å². The number of carbonyl (C=O) groups excluding carboxylic acids is 1. The number of carbonyl (C=O) groups is 1. The predicted octanol–water partition coefficient (Wildman–Crippen LogP) is 3.60. The van der Waals surface area contributed by atoms with Gasteiger partial charge in [-0.15, -0.1) is 23.5 Å². The topological polar surface area (TPSA) is 46.5 Å². The van der Waals surface area contributed by atoms with Crippen LogP contribution in [0.2, 0.25) is 0 Å². The fourth-order valence-corrected chi connectivity index (χ4v) is 6.39. The van der Waals surface area contributed by atoms with E-state index < -0.39 is 27.7 Å². The molecule has 0 radical (unpaired) electrons. The van der Waals surface area contributed by atoms with Crippen molar-refractivity contribution in [3.8, 4) is 0 Å². The van der Waals surface area contributed by atoms with Gasteiger partial charge in [0.2, 0.25) is 0 Å². The summed E-state index contributed by atoms with van der Waals surface area (Å²) in [5.74, 6) is -0.474. The van der Waals surface area contributed by atoms with Gasteiger partial charge in [-0.3, -0.25) is 4.79 Å². The van der Waals surface area contributed by atoms with E-state index in [1.807, 2.05) is 0 Å². The lowest BCUT2D eigenvalue weighted by molar-refractivity contribution is -0.228. The van der Waals surface area contributed by atoms with E-state index in [-0.39, 0.29) is 11.9 Å². The number of hydrogen-bond donors (Lipinski definition) is 1. The van der Waals surface area contributed by atoms with E-state index in [2.05, 4.69) is 0 Å². The number of esters is 1. The summed E-state index contributed by atoms with van der Waals surface area (Å²) < 4.78 is 43.9. The molecule has 2 aliphatic rings. The lowest BCUT2D eigenvalue weighted by Gasteiger charge is -2.40. The Hall–Kier alpha value is -0.0800. The molecule has 1 aliphatic carbocycles. The molecule has 1 saturated heterocycles. The fourth-order valence-electron chi connectivity index (χ4n) is 2.60. The Balaban J connectivity index is 2.11. The summed E-state index contributed by atoms with van der Waals surface area (Å²) in [6, 6.07) is 0. The molecule has 1 saturated carbocycles. The minimum Gasteiger partial charge on any atom is -0.459 e. The van der Waals surface area contributed by atoms with E-state index in [9.17, 15) is 23.1 Å². The highest BCUT2D eigenvalue weighted by atomic mass is 32.2. The van der Waals surface area contributed by atoms with Crippen LogP contribution in [0.5, 0.6) is 0 Å². The maximum absolute atomic E-state index is 13.0. The van der Waals surface area contributed by atoms with Crippen molar-refractivity contribution in [2.45, 2.75) is 61.1 Å². The highest BCUT2D eigenvalue weighted by Crippen LogP contribution is 2.57. The fraction of sp³-hybridized carbons (Fsp3) is 0.929. The Labute approximate surface area is 136 Å². The van der Waals surface area contributed by atoms with Crippen LogP contribution in [-0.4, -0.2) is 45.0 Å². The zero-order valence-corrected chi connectivity index (χ0v) is 14.2. The van der Waals surface area contributed by atoms with Crippen LogP contribution < -0.4 is 0 Å². The molecule has 128 valence electrons. The van der Waals surface area contributed by atoms with Crippen molar-refractivity contribution < 1.29 is 27.8 Å². The molecular weight excluding hydrogens is 337 g/mol. The first kappa shape index (κ1) is 18.3. The largest absolute Gasteiger partial charge is 0.459 e. The number of ether oxygens (including phenoxy) is 1. The third kappa shape index (κ3) is 3.38. The zero-order valence-electron chi connectivity index (χ0n) is 12.6. The number of aliphatic hydroxyl groups is 1. The molecule has 1 aliphatic heterocycles. The predicted molar refractivity (Wildman–Crippen MR) is 81.8 cm³/mol. The van der Waals surface area contributed by atoms with Crippen molar-refractivity contribution in [1.29, 1.82) is 0 Å². The number of alkyl halides is 3. The minimum absolute atomic E-state index is 0.0358. The Morgan fingerprint density at radius 1 is 1.36 bits per heavy atom. The average Bonchev–Trinajstić information content (AvgIpc) is 2.84. The van der Waals surface area contributed by atoms with Gasteiger partial charge in [0.05, 0.1) is 10.7 Å². The second-order valence-electron chi connectivity index (χ2n) is 6.31. The van der Waals surface area contributed by atoms with Crippen LogP contribution in [0.4, 0.5) is 13.2 Å². The molecule has 2 fully saturated rings. The second kappa shape index (κ2) is 6.43. The lowest BCUT2D eigenvalue weighted by atomic mass is 9.92. The van der Waals surface area contributed by atoms with Crippen LogP contribution in [0.15, 0.2) is 0 Å². The molecule has 2 rings (SSSR count). The summed E-state index contributed by atoms with van der Waals surface area (Å²) in [4.78, 5) is 12.1. The van der Waals surface area contributed by atoms with E-state index in [1.54, 1.807) is 23.5 Å². The van der Waals surface area contributed by atoms with E-state index in [0.29, 0.717) is 6.42 Å². The minimum atomic E-state index is -4.63. The molecule has 1 heterocycles.